The fourth-order valence-electron chi connectivity index (χ4n) is 2.48. The number of hydrogen-bond donors (Lipinski definition) is 2. The van der Waals surface area contributed by atoms with E-state index in [9.17, 15) is 9.59 Å². The highest BCUT2D eigenvalue weighted by molar-refractivity contribution is 9.10. The van der Waals surface area contributed by atoms with Crippen molar-refractivity contribution in [2.75, 3.05) is 17.2 Å². The van der Waals surface area contributed by atoms with Crippen molar-refractivity contribution < 1.29 is 14.3 Å². The van der Waals surface area contributed by atoms with Crippen LogP contribution in [0.25, 0.3) is 0 Å². The van der Waals surface area contributed by atoms with Gasteiger partial charge in [0.25, 0.3) is 5.91 Å². The Morgan fingerprint density at radius 1 is 1.04 bits per heavy atom. The van der Waals surface area contributed by atoms with Crippen molar-refractivity contribution in [3.8, 4) is 5.75 Å². The Morgan fingerprint density at radius 3 is 2.32 bits per heavy atom. The zero-order valence-electron chi connectivity index (χ0n) is 16.7. The third-order valence-corrected chi connectivity index (χ3v) is 5.05. The lowest BCUT2D eigenvalue weighted by Crippen LogP contribution is -2.21. The first-order chi connectivity index (χ1) is 13.3. The molecule has 1 atom stereocenters. The van der Waals surface area contributed by atoms with Gasteiger partial charge in [-0.2, -0.15) is 0 Å². The van der Waals surface area contributed by atoms with Crippen LogP contribution in [0, 0.1) is 5.92 Å². The zero-order chi connectivity index (χ0) is 20.7. The van der Waals surface area contributed by atoms with Crippen molar-refractivity contribution in [2.45, 2.75) is 40.0 Å². The van der Waals surface area contributed by atoms with E-state index >= 15 is 0 Å². The molecule has 2 amide bonds. The molecule has 0 bridgehead atoms. The van der Waals surface area contributed by atoms with Crippen LogP contribution < -0.4 is 15.4 Å². The van der Waals surface area contributed by atoms with E-state index in [4.69, 9.17) is 4.74 Å². The Labute approximate surface area is 175 Å². The fourth-order valence-corrected chi connectivity index (χ4v) is 2.99. The first kappa shape index (κ1) is 22.0. The Bertz CT molecular complexity index is 836. The van der Waals surface area contributed by atoms with Crippen LogP contribution in [-0.4, -0.2) is 18.4 Å². The highest BCUT2D eigenvalue weighted by Crippen LogP contribution is 2.30. The van der Waals surface area contributed by atoms with Crippen molar-refractivity contribution in [2.24, 2.45) is 5.92 Å². The van der Waals surface area contributed by atoms with Gasteiger partial charge in [0.2, 0.25) is 5.91 Å². The monoisotopic (exact) mass is 446 g/mol. The molecule has 0 aromatic heterocycles. The fraction of sp³-hybridized carbons (Fsp3) is 0.364. The number of halogens is 1. The maximum absolute atomic E-state index is 12.2. The molecule has 0 spiro atoms. The number of rotatable bonds is 8. The van der Waals surface area contributed by atoms with E-state index in [1.807, 2.05) is 32.0 Å². The van der Waals surface area contributed by atoms with Crippen molar-refractivity contribution in [3.63, 3.8) is 0 Å². The number of benzene rings is 2. The summed E-state index contributed by atoms with van der Waals surface area (Å²) in [5.41, 5.74) is 2.47. The predicted molar refractivity (Wildman–Crippen MR) is 117 cm³/mol. The van der Waals surface area contributed by atoms with Gasteiger partial charge in [0.1, 0.15) is 5.75 Å². The van der Waals surface area contributed by atoms with Crippen molar-refractivity contribution in [3.05, 3.63) is 52.5 Å². The van der Waals surface area contributed by atoms with Crippen LogP contribution in [-0.2, 0) is 9.59 Å². The lowest BCUT2D eigenvalue weighted by atomic mass is 9.99. The molecule has 28 heavy (non-hydrogen) atoms. The molecule has 2 N–H and O–H groups in total. The second kappa shape index (κ2) is 10.3. The van der Waals surface area contributed by atoms with Crippen LogP contribution in [0.5, 0.6) is 5.75 Å². The average molecular weight is 447 g/mol. The van der Waals surface area contributed by atoms with E-state index in [2.05, 4.69) is 40.4 Å². The van der Waals surface area contributed by atoms with Crippen molar-refractivity contribution in [1.29, 1.82) is 0 Å². The molecule has 0 heterocycles. The molecule has 0 fully saturated rings. The second-order valence-electron chi connectivity index (χ2n) is 7.06. The maximum atomic E-state index is 12.2. The quantitative estimate of drug-likeness (QED) is 0.556. The topological polar surface area (TPSA) is 67.4 Å². The number of ether oxygens (including phenoxy) is 1. The summed E-state index contributed by atoms with van der Waals surface area (Å²) in [6.45, 7) is 7.87. The summed E-state index contributed by atoms with van der Waals surface area (Å²) in [6.07, 6.45) is 1.06. The molecular weight excluding hydrogens is 420 g/mol. The molecule has 0 radical (unpaired) electrons. The van der Waals surface area contributed by atoms with E-state index in [0.717, 1.165) is 10.9 Å². The van der Waals surface area contributed by atoms with Crippen LogP contribution >= 0.6 is 15.9 Å². The number of carbonyl (C=O) groups excluding carboxylic acids is 2. The Balaban J connectivity index is 1.93. The summed E-state index contributed by atoms with van der Waals surface area (Å²) in [4.78, 5) is 24.0. The summed E-state index contributed by atoms with van der Waals surface area (Å²) < 4.78 is 6.47. The van der Waals surface area contributed by atoms with E-state index in [1.165, 1.54) is 5.56 Å². The first-order valence-corrected chi connectivity index (χ1v) is 10.2. The summed E-state index contributed by atoms with van der Waals surface area (Å²) in [6, 6.07) is 13.0. The molecule has 0 saturated heterocycles. The van der Waals surface area contributed by atoms with Gasteiger partial charge >= 0.3 is 0 Å². The molecule has 2 aromatic rings. The maximum Gasteiger partial charge on any atom is 0.262 e. The highest BCUT2D eigenvalue weighted by Gasteiger charge is 2.11. The highest BCUT2D eigenvalue weighted by atomic mass is 79.9. The van der Waals surface area contributed by atoms with Gasteiger partial charge in [-0.3, -0.25) is 9.59 Å². The standard InChI is InChI=1S/C22H27BrN2O3/c1-5-15(4)16-9-10-20(19(23)11-16)28-13-21(26)24-17-7-6-8-18(12-17)25-22(27)14(2)3/h6-12,14-15H,5,13H2,1-4H3,(H,24,26)(H,25,27). The van der Waals surface area contributed by atoms with Crippen LogP contribution in [0.3, 0.4) is 0 Å². The minimum atomic E-state index is -0.273. The van der Waals surface area contributed by atoms with Gasteiger partial charge in [-0.05, 0) is 64.2 Å². The minimum absolute atomic E-state index is 0.0718. The Hall–Kier alpha value is -2.34. The van der Waals surface area contributed by atoms with Crippen molar-refractivity contribution in [1.82, 2.24) is 0 Å². The second-order valence-corrected chi connectivity index (χ2v) is 7.92. The minimum Gasteiger partial charge on any atom is -0.483 e. The normalized spacial score (nSPS) is 11.8. The molecule has 0 aliphatic carbocycles. The predicted octanol–water partition coefficient (Wildman–Crippen LogP) is 5.57. The zero-order valence-corrected chi connectivity index (χ0v) is 18.3. The number of nitrogens with one attached hydrogen (secondary N) is 2. The van der Waals surface area contributed by atoms with Crippen LogP contribution in [0.4, 0.5) is 11.4 Å². The van der Waals surface area contributed by atoms with Gasteiger partial charge in [0.15, 0.2) is 6.61 Å². The Kier molecular flexibility index (Phi) is 8.05. The molecular formula is C22H27BrN2O3. The molecule has 1 unspecified atom stereocenters. The first-order valence-electron chi connectivity index (χ1n) is 9.43. The molecule has 5 nitrogen and oxygen atoms in total. The number of amides is 2. The number of carbonyl (C=O) groups is 2. The van der Waals surface area contributed by atoms with Crippen molar-refractivity contribution >= 4 is 39.1 Å². The summed E-state index contributed by atoms with van der Waals surface area (Å²) in [5.74, 6) is 0.636. The lowest BCUT2D eigenvalue weighted by Gasteiger charge is -2.13. The smallest absolute Gasteiger partial charge is 0.262 e. The molecule has 0 aliphatic rings. The lowest BCUT2D eigenvalue weighted by molar-refractivity contribution is -0.119. The van der Waals surface area contributed by atoms with Crippen LogP contribution in [0.1, 0.15) is 45.6 Å². The Morgan fingerprint density at radius 2 is 1.71 bits per heavy atom. The molecule has 2 rings (SSSR count). The van der Waals surface area contributed by atoms with Gasteiger partial charge in [-0.25, -0.2) is 0 Å². The number of anilines is 2. The summed E-state index contributed by atoms with van der Waals surface area (Å²) >= 11 is 3.51. The summed E-state index contributed by atoms with van der Waals surface area (Å²) in [5, 5.41) is 5.59. The van der Waals surface area contributed by atoms with E-state index < -0.39 is 0 Å². The largest absolute Gasteiger partial charge is 0.483 e. The van der Waals surface area contributed by atoms with Gasteiger partial charge in [-0.15, -0.1) is 0 Å². The van der Waals surface area contributed by atoms with Gasteiger partial charge in [0.05, 0.1) is 4.47 Å². The van der Waals surface area contributed by atoms with E-state index in [1.54, 1.807) is 24.3 Å². The molecule has 2 aromatic carbocycles. The SMILES string of the molecule is CCC(C)c1ccc(OCC(=O)Nc2cccc(NC(=O)C(C)C)c2)c(Br)c1. The molecule has 6 heteroatoms. The average Bonchev–Trinajstić information content (AvgIpc) is 2.66. The third-order valence-electron chi connectivity index (χ3n) is 4.43. The molecule has 0 aliphatic heterocycles. The van der Waals surface area contributed by atoms with Gasteiger partial charge in [-0.1, -0.05) is 39.8 Å². The van der Waals surface area contributed by atoms with E-state index in [0.29, 0.717) is 23.0 Å². The van der Waals surface area contributed by atoms with Crippen LogP contribution in [0.2, 0.25) is 0 Å². The molecule has 150 valence electrons. The molecule has 0 saturated carbocycles. The van der Waals surface area contributed by atoms with E-state index in [-0.39, 0.29) is 24.3 Å². The third kappa shape index (κ3) is 6.37. The summed E-state index contributed by atoms with van der Waals surface area (Å²) in [7, 11) is 0. The van der Waals surface area contributed by atoms with Gasteiger partial charge in [0, 0.05) is 17.3 Å². The van der Waals surface area contributed by atoms with Gasteiger partial charge < -0.3 is 15.4 Å². The van der Waals surface area contributed by atoms with Crippen LogP contribution in [0.15, 0.2) is 46.9 Å². The number of hydrogen-bond acceptors (Lipinski definition) is 3.